The van der Waals surface area contributed by atoms with E-state index in [2.05, 4.69) is 15.1 Å². The van der Waals surface area contributed by atoms with Crippen LogP contribution in [0.4, 0.5) is 18.9 Å². The molecule has 0 spiro atoms. The van der Waals surface area contributed by atoms with Gasteiger partial charge < -0.3 is 19.2 Å². The van der Waals surface area contributed by atoms with Crippen molar-refractivity contribution in [3.05, 3.63) is 70.7 Å². The lowest BCUT2D eigenvalue weighted by Gasteiger charge is -2.29. The van der Waals surface area contributed by atoms with Gasteiger partial charge in [0.1, 0.15) is 5.69 Å². The zero-order chi connectivity index (χ0) is 26.5. The molecule has 13 heteroatoms. The number of benzene rings is 2. The normalized spacial score (nSPS) is 14.1. The van der Waals surface area contributed by atoms with E-state index in [1.54, 1.807) is 28.6 Å². The number of nitrogens with zero attached hydrogens (tertiary/aromatic N) is 5. The Morgan fingerprint density at radius 2 is 1.89 bits per heavy atom. The molecule has 0 aliphatic carbocycles. The van der Waals surface area contributed by atoms with Crippen LogP contribution in [0.25, 0.3) is 22.3 Å². The van der Waals surface area contributed by atoms with Gasteiger partial charge in [-0.25, -0.2) is 9.97 Å². The number of anilines is 1. The van der Waals surface area contributed by atoms with E-state index in [-0.39, 0.29) is 17.9 Å². The van der Waals surface area contributed by atoms with E-state index in [1.165, 1.54) is 12.3 Å². The van der Waals surface area contributed by atoms with Crippen molar-refractivity contribution in [2.75, 3.05) is 11.4 Å². The number of carbonyl (C=O) groups excluding carboxylic acids is 1. The summed E-state index contributed by atoms with van der Waals surface area (Å²) in [5.74, 6) is 0.120. The smallest absolute Gasteiger partial charge is 0.328 e. The highest BCUT2D eigenvalue weighted by Crippen LogP contribution is 2.33. The molecular formula is C24H21F3N5O4P. The maximum atomic E-state index is 13.4. The molecule has 3 heterocycles. The second kappa shape index (κ2) is 9.46. The van der Waals surface area contributed by atoms with Crippen molar-refractivity contribution in [1.82, 2.24) is 19.7 Å². The molecule has 1 amide bonds. The third kappa shape index (κ3) is 4.80. The standard InChI is InChI=1S/C24H21F3N5O4P/c1-13-9-15(22-28-11-16-10-17(24(25,26)27)4-5-18(16)29-22)3-6-20(13)31-7-8-32-21(23(31)33)14(2)19(30-32)12-36-37(34)35/h3-6,9-11,34-35H,7-8,12H2,1-2H3. The third-order valence-electron chi connectivity index (χ3n) is 6.24. The molecule has 0 unspecified atom stereocenters. The molecule has 2 aromatic carbocycles. The van der Waals surface area contributed by atoms with Crippen molar-refractivity contribution < 1.29 is 32.3 Å². The molecule has 0 atom stereocenters. The highest BCUT2D eigenvalue weighted by atomic mass is 31.2. The predicted octanol–water partition coefficient (Wildman–Crippen LogP) is 4.52. The van der Waals surface area contributed by atoms with Gasteiger partial charge in [-0.3, -0.25) is 9.48 Å². The van der Waals surface area contributed by atoms with Crippen molar-refractivity contribution >= 4 is 31.1 Å². The highest BCUT2D eigenvalue weighted by molar-refractivity contribution is 7.39. The lowest BCUT2D eigenvalue weighted by molar-refractivity contribution is -0.137. The van der Waals surface area contributed by atoms with Gasteiger partial charge >= 0.3 is 14.8 Å². The predicted molar refractivity (Wildman–Crippen MR) is 130 cm³/mol. The molecule has 5 rings (SSSR count). The van der Waals surface area contributed by atoms with Gasteiger partial charge in [0.25, 0.3) is 5.91 Å². The Morgan fingerprint density at radius 3 is 2.59 bits per heavy atom. The van der Waals surface area contributed by atoms with E-state index in [0.29, 0.717) is 52.6 Å². The summed E-state index contributed by atoms with van der Waals surface area (Å²) in [5, 5.41) is 4.66. The topological polar surface area (TPSA) is 114 Å². The zero-order valence-electron chi connectivity index (χ0n) is 19.7. The van der Waals surface area contributed by atoms with Gasteiger partial charge in [-0.1, -0.05) is 0 Å². The molecule has 2 aromatic heterocycles. The van der Waals surface area contributed by atoms with Crippen LogP contribution in [0.15, 0.2) is 42.6 Å². The number of carbonyl (C=O) groups is 1. The van der Waals surface area contributed by atoms with Gasteiger partial charge in [0.15, 0.2) is 5.82 Å². The minimum absolute atomic E-state index is 0.116. The maximum Gasteiger partial charge on any atom is 0.416 e. The number of aromatic nitrogens is 4. The lowest BCUT2D eigenvalue weighted by Crippen LogP contribution is -2.41. The van der Waals surface area contributed by atoms with Crippen molar-refractivity contribution in [2.45, 2.75) is 33.2 Å². The molecule has 0 saturated heterocycles. The second-order valence-electron chi connectivity index (χ2n) is 8.59. The average molecular weight is 531 g/mol. The fourth-order valence-electron chi connectivity index (χ4n) is 4.39. The van der Waals surface area contributed by atoms with Gasteiger partial charge in [-0.2, -0.15) is 18.3 Å². The van der Waals surface area contributed by atoms with Crippen molar-refractivity contribution in [3.63, 3.8) is 0 Å². The van der Waals surface area contributed by atoms with Crippen LogP contribution in [0, 0.1) is 13.8 Å². The summed E-state index contributed by atoms with van der Waals surface area (Å²) >= 11 is 0. The van der Waals surface area contributed by atoms with E-state index in [9.17, 15) is 18.0 Å². The molecule has 1 aliphatic rings. The monoisotopic (exact) mass is 531 g/mol. The first-order valence-electron chi connectivity index (χ1n) is 11.2. The van der Waals surface area contributed by atoms with E-state index < -0.39 is 20.3 Å². The molecule has 0 saturated carbocycles. The molecule has 0 bridgehead atoms. The van der Waals surface area contributed by atoms with Crippen LogP contribution in [0.3, 0.4) is 0 Å². The average Bonchev–Trinajstić information content (AvgIpc) is 3.18. The van der Waals surface area contributed by atoms with Crippen molar-refractivity contribution in [1.29, 1.82) is 0 Å². The van der Waals surface area contributed by atoms with E-state index >= 15 is 0 Å². The fraction of sp³-hybridized carbons (Fsp3) is 0.250. The first kappa shape index (κ1) is 25.2. The fourth-order valence-corrected chi connectivity index (χ4v) is 4.63. The zero-order valence-corrected chi connectivity index (χ0v) is 20.6. The van der Waals surface area contributed by atoms with Crippen molar-refractivity contribution in [2.24, 2.45) is 0 Å². The molecule has 192 valence electrons. The Labute approximate surface area is 210 Å². The van der Waals surface area contributed by atoms with Crippen LogP contribution in [-0.2, 0) is 23.9 Å². The summed E-state index contributed by atoms with van der Waals surface area (Å²) in [6, 6.07) is 8.72. The van der Waals surface area contributed by atoms with Gasteiger partial charge in [0.05, 0.1) is 29.9 Å². The molecule has 0 radical (unpaired) electrons. The van der Waals surface area contributed by atoms with Crippen LogP contribution in [0.5, 0.6) is 0 Å². The maximum absolute atomic E-state index is 13.4. The Morgan fingerprint density at radius 1 is 1.11 bits per heavy atom. The number of rotatable bonds is 5. The van der Waals surface area contributed by atoms with Gasteiger partial charge in [0.2, 0.25) is 0 Å². The van der Waals surface area contributed by atoms with E-state index in [4.69, 9.17) is 14.3 Å². The molecule has 37 heavy (non-hydrogen) atoms. The molecule has 0 fully saturated rings. The number of aryl methyl sites for hydroxylation is 1. The van der Waals surface area contributed by atoms with Crippen molar-refractivity contribution in [3.8, 4) is 11.4 Å². The summed E-state index contributed by atoms with van der Waals surface area (Å²) in [6.45, 7) is 4.30. The SMILES string of the molecule is Cc1cc(-c2ncc3cc(C(F)(F)F)ccc3n2)ccc1N1CCn2nc(COP(O)O)c(C)c2C1=O. The molecule has 2 N–H and O–H groups in total. The second-order valence-corrected chi connectivity index (χ2v) is 9.36. The van der Waals surface area contributed by atoms with Gasteiger partial charge in [-0.15, -0.1) is 0 Å². The van der Waals surface area contributed by atoms with E-state index in [0.717, 1.165) is 17.7 Å². The third-order valence-corrected chi connectivity index (χ3v) is 6.60. The number of fused-ring (bicyclic) bond motifs is 2. The Hall–Kier alpha value is -3.44. The van der Waals surface area contributed by atoms with Crippen LogP contribution in [0.2, 0.25) is 0 Å². The summed E-state index contributed by atoms with van der Waals surface area (Å²) < 4.78 is 45.5. The summed E-state index contributed by atoms with van der Waals surface area (Å²) in [7, 11) is -2.53. The Kier molecular flexibility index (Phi) is 6.45. The highest BCUT2D eigenvalue weighted by Gasteiger charge is 2.32. The summed E-state index contributed by atoms with van der Waals surface area (Å²) in [6.07, 6.45) is -3.08. The van der Waals surface area contributed by atoms with Crippen LogP contribution in [0.1, 0.15) is 32.9 Å². The van der Waals surface area contributed by atoms with Crippen LogP contribution >= 0.6 is 8.60 Å². The van der Waals surface area contributed by atoms with E-state index in [1.807, 2.05) is 13.0 Å². The molecular weight excluding hydrogens is 510 g/mol. The number of amides is 1. The largest absolute Gasteiger partial charge is 0.416 e. The first-order chi connectivity index (χ1) is 17.5. The number of hydrogen-bond donors (Lipinski definition) is 2. The quantitative estimate of drug-likeness (QED) is 0.364. The Balaban J connectivity index is 1.42. The minimum Gasteiger partial charge on any atom is -0.328 e. The molecule has 1 aliphatic heterocycles. The first-order valence-corrected chi connectivity index (χ1v) is 12.3. The van der Waals surface area contributed by atoms with Crippen LogP contribution < -0.4 is 4.90 Å². The molecule has 4 aromatic rings. The number of halogens is 3. The van der Waals surface area contributed by atoms with Gasteiger partial charge in [0, 0.05) is 34.9 Å². The van der Waals surface area contributed by atoms with Crippen LogP contribution in [-0.4, -0.2) is 42.0 Å². The van der Waals surface area contributed by atoms with Gasteiger partial charge in [-0.05, 0) is 55.8 Å². The minimum atomic E-state index is -4.44. The summed E-state index contributed by atoms with van der Waals surface area (Å²) in [5.41, 5.74) is 3.27. The molecule has 9 nitrogen and oxygen atoms in total. The Bertz CT molecular complexity index is 1520. The number of hydrogen-bond acceptors (Lipinski definition) is 7. The summed E-state index contributed by atoms with van der Waals surface area (Å²) in [4.78, 5) is 41.7. The lowest BCUT2D eigenvalue weighted by atomic mass is 10.1. The number of alkyl halides is 3.